The summed E-state index contributed by atoms with van der Waals surface area (Å²) < 4.78 is 5.91. The molecule has 2 atom stereocenters. The zero-order valence-corrected chi connectivity index (χ0v) is 9.60. The van der Waals surface area contributed by atoms with Gasteiger partial charge in [0.05, 0.1) is 5.60 Å². The largest absolute Gasteiger partial charge is 0.371 e. The molecule has 0 aliphatic carbocycles. The molecule has 0 spiro atoms. The highest BCUT2D eigenvalue weighted by atomic mass is 16.5. The maximum absolute atomic E-state index is 5.91. The van der Waals surface area contributed by atoms with Crippen LogP contribution in [0.25, 0.3) is 0 Å². The first-order valence-electron chi connectivity index (χ1n) is 5.44. The van der Waals surface area contributed by atoms with Crippen LogP contribution in [0.3, 0.4) is 0 Å². The molecule has 0 radical (unpaired) electrons. The standard InChI is InChI=1S/C12H24O/c1-6-10-13-12(8-3,9-4)11(5)7-2/h8,11H,3,6-7,9-10H2,1-2,4-5H3. The monoisotopic (exact) mass is 184 g/mol. The van der Waals surface area contributed by atoms with Gasteiger partial charge in [-0.05, 0) is 18.8 Å². The van der Waals surface area contributed by atoms with Crippen molar-refractivity contribution < 1.29 is 4.74 Å². The third-order valence-electron chi connectivity index (χ3n) is 2.92. The van der Waals surface area contributed by atoms with E-state index < -0.39 is 0 Å². The van der Waals surface area contributed by atoms with E-state index in [4.69, 9.17) is 4.74 Å². The van der Waals surface area contributed by atoms with Gasteiger partial charge in [-0.1, -0.05) is 40.2 Å². The molecule has 1 heteroatoms. The topological polar surface area (TPSA) is 9.23 Å². The third-order valence-corrected chi connectivity index (χ3v) is 2.92. The van der Waals surface area contributed by atoms with Crippen molar-refractivity contribution in [2.75, 3.05) is 6.61 Å². The van der Waals surface area contributed by atoms with Crippen molar-refractivity contribution in [1.29, 1.82) is 0 Å². The Morgan fingerprint density at radius 1 is 1.38 bits per heavy atom. The number of hydrogen-bond acceptors (Lipinski definition) is 1. The van der Waals surface area contributed by atoms with Crippen molar-refractivity contribution in [3.63, 3.8) is 0 Å². The molecule has 0 amide bonds. The number of hydrogen-bond donors (Lipinski definition) is 0. The Balaban J connectivity index is 4.38. The summed E-state index contributed by atoms with van der Waals surface area (Å²) in [5.74, 6) is 0.557. The summed E-state index contributed by atoms with van der Waals surface area (Å²) in [7, 11) is 0. The molecule has 0 N–H and O–H groups in total. The lowest BCUT2D eigenvalue weighted by Gasteiger charge is -2.35. The molecule has 13 heavy (non-hydrogen) atoms. The first kappa shape index (κ1) is 12.7. The van der Waals surface area contributed by atoms with Crippen molar-refractivity contribution in [3.05, 3.63) is 12.7 Å². The van der Waals surface area contributed by atoms with Crippen LogP contribution in [-0.2, 0) is 4.74 Å². The molecule has 0 aromatic rings. The smallest absolute Gasteiger partial charge is 0.0882 e. The fourth-order valence-electron chi connectivity index (χ4n) is 1.63. The molecule has 0 saturated carbocycles. The Bertz CT molecular complexity index is 142. The van der Waals surface area contributed by atoms with Gasteiger partial charge in [0, 0.05) is 6.61 Å². The maximum Gasteiger partial charge on any atom is 0.0882 e. The molecule has 1 nitrogen and oxygen atoms in total. The van der Waals surface area contributed by atoms with E-state index >= 15 is 0 Å². The summed E-state index contributed by atoms with van der Waals surface area (Å²) >= 11 is 0. The predicted octanol–water partition coefficient (Wildman–Crippen LogP) is 3.79. The van der Waals surface area contributed by atoms with Crippen LogP contribution < -0.4 is 0 Å². The average Bonchev–Trinajstić information content (AvgIpc) is 2.19. The summed E-state index contributed by atoms with van der Waals surface area (Å²) in [5, 5.41) is 0. The van der Waals surface area contributed by atoms with Crippen LogP contribution in [0.5, 0.6) is 0 Å². The van der Waals surface area contributed by atoms with Crippen molar-refractivity contribution in [2.24, 2.45) is 5.92 Å². The van der Waals surface area contributed by atoms with Crippen LogP contribution in [0.4, 0.5) is 0 Å². The first-order chi connectivity index (χ1) is 6.16. The van der Waals surface area contributed by atoms with Crippen molar-refractivity contribution >= 4 is 0 Å². The van der Waals surface area contributed by atoms with E-state index in [1.54, 1.807) is 0 Å². The Morgan fingerprint density at radius 2 is 2.00 bits per heavy atom. The third kappa shape index (κ3) is 3.15. The molecule has 0 aliphatic rings. The summed E-state index contributed by atoms with van der Waals surface area (Å²) in [5.41, 5.74) is -0.0925. The van der Waals surface area contributed by atoms with Gasteiger partial charge in [0.2, 0.25) is 0 Å². The summed E-state index contributed by atoms with van der Waals surface area (Å²) in [4.78, 5) is 0. The van der Waals surface area contributed by atoms with E-state index in [1.807, 2.05) is 6.08 Å². The Kier molecular flexibility index (Phi) is 6.06. The minimum absolute atomic E-state index is 0.0925. The van der Waals surface area contributed by atoms with E-state index in [2.05, 4.69) is 34.3 Å². The van der Waals surface area contributed by atoms with Crippen molar-refractivity contribution in [2.45, 2.75) is 52.6 Å². The van der Waals surface area contributed by atoms with Crippen LogP contribution in [0.15, 0.2) is 12.7 Å². The normalized spacial score (nSPS) is 17.8. The van der Waals surface area contributed by atoms with E-state index in [0.29, 0.717) is 5.92 Å². The SMILES string of the molecule is C=CC(CC)(OCCC)C(C)CC. The van der Waals surface area contributed by atoms with E-state index in [-0.39, 0.29) is 5.60 Å². The van der Waals surface area contributed by atoms with Gasteiger partial charge in [-0.3, -0.25) is 0 Å². The van der Waals surface area contributed by atoms with Gasteiger partial charge in [0.15, 0.2) is 0 Å². The lowest BCUT2D eigenvalue weighted by molar-refractivity contribution is -0.0491. The molecule has 0 saturated heterocycles. The Labute approximate surface area is 83.2 Å². The molecule has 0 aliphatic heterocycles. The Morgan fingerprint density at radius 3 is 2.31 bits per heavy atom. The lowest BCUT2D eigenvalue weighted by atomic mass is 9.84. The Hall–Kier alpha value is -0.300. The second-order valence-corrected chi connectivity index (χ2v) is 3.67. The molecular formula is C12H24O. The molecule has 0 rings (SSSR count). The highest BCUT2D eigenvalue weighted by molar-refractivity contribution is 4.99. The zero-order valence-electron chi connectivity index (χ0n) is 9.60. The fourth-order valence-corrected chi connectivity index (χ4v) is 1.63. The van der Waals surface area contributed by atoms with Crippen molar-refractivity contribution in [1.82, 2.24) is 0 Å². The van der Waals surface area contributed by atoms with Gasteiger partial charge < -0.3 is 4.74 Å². The maximum atomic E-state index is 5.91. The molecule has 0 aromatic carbocycles. The van der Waals surface area contributed by atoms with E-state index in [0.717, 1.165) is 25.9 Å². The fraction of sp³-hybridized carbons (Fsp3) is 0.833. The van der Waals surface area contributed by atoms with Crippen molar-refractivity contribution in [3.8, 4) is 0 Å². The number of rotatable bonds is 7. The number of ether oxygens (including phenoxy) is 1. The van der Waals surface area contributed by atoms with Gasteiger partial charge in [0.25, 0.3) is 0 Å². The lowest BCUT2D eigenvalue weighted by Crippen LogP contribution is -2.36. The highest BCUT2D eigenvalue weighted by Gasteiger charge is 2.30. The molecular weight excluding hydrogens is 160 g/mol. The first-order valence-corrected chi connectivity index (χ1v) is 5.44. The molecule has 2 unspecified atom stereocenters. The second kappa shape index (κ2) is 6.20. The minimum Gasteiger partial charge on any atom is -0.371 e. The van der Waals surface area contributed by atoms with E-state index in [1.165, 1.54) is 0 Å². The van der Waals surface area contributed by atoms with Crippen LogP contribution >= 0.6 is 0 Å². The van der Waals surface area contributed by atoms with Gasteiger partial charge >= 0.3 is 0 Å². The molecule has 0 aromatic heterocycles. The predicted molar refractivity (Wildman–Crippen MR) is 58.9 cm³/mol. The molecule has 0 bridgehead atoms. The van der Waals surface area contributed by atoms with Crippen LogP contribution in [-0.4, -0.2) is 12.2 Å². The van der Waals surface area contributed by atoms with Crippen LogP contribution in [0.2, 0.25) is 0 Å². The summed E-state index contributed by atoms with van der Waals surface area (Å²) in [6.07, 6.45) is 5.22. The second-order valence-electron chi connectivity index (χ2n) is 3.67. The minimum atomic E-state index is -0.0925. The molecule has 78 valence electrons. The molecule has 0 fully saturated rings. The van der Waals surface area contributed by atoms with Gasteiger partial charge in [0.1, 0.15) is 0 Å². The van der Waals surface area contributed by atoms with Gasteiger partial charge in [-0.25, -0.2) is 0 Å². The van der Waals surface area contributed by atoms with Gasteiger partial charge in [-0.15, -0.1) is 6.58 Å². The van der Waals surface area contributed by atoms with Crippen LogP contribution in [0, 0.1) is 5.92 Å². The van der Waals surface area contributed by atoms with Gasteiger partial charge in [-0.2, -0.15) is 0 Å². The summed E-state index contributed by atoms with van der Waals surface area (Å²) in [6.45, 7) is 13.5. The average molecular weight is 184 g/mol. The van der Waals surface area contributed by atoms with Crippen LogP contribution in [0.1, 0.15) is 47.0 Å². The zero-order chi connectivity index (χ0) is 10.3. The summed E-state index contributed by atoms with van der Waals surface area (Å²) in [6, 6.07) is 0. The highest BCUT2D eigenvalue weighted by Crippen LogP contribution is 2.29. The quantitative estimate of drug-likeness (QED) is 0.547. The van der Waals surface area contributed by atoms with E-state index in [9.17, 15) is 0 Å². The molecule has 0 heterocycles.